The van der Waals surface area contributed by atoms with Crippen molar-refractivity contribution in [1.82, 2.24) is 4.98 Å². The lowest BCUT2D eigenvalue weighted by atomic mass is 10.2. The number of halogens is 3. The highest BCUT2D eigenvalue weighted by atomic mass is 79.9. The first-order valence-corrected chi connectivity index (χ1v) is 6.29. The summed E-state index contributed by atoms with van der Waals surface area (Å²) in [5.74, 6) is 1.53. The summed E-state index contributed by atoms with van der Waals surface area (Å²) >= 11 is 12.5. The van der Waals surface area contributed by atoms with E-state index in [1.54, 1.807) is 6.20 Å². The van der Waals surface area contributed by atoms with Crippen LogP contribution in [0.1, 0.15) is 5.89 Å². The van der Waals surface area contributed by atoms with Crippen LogP contribution in [-0.4, -0.2) is 4.98 Å². The summed E-state index contributed by atoms with van der Waals surface area (Å²) in [7, 11) is 0. The van der Waals surface area contributed by atoms with E-state index in [0.717, 1.165) is 14.5 Å². The Balaban J connectivity index is 2.44. The van der Waals surface area contributed by atoms with Crippen molar-refractivity contribution in [2.75, 3.05) is 0 Å². The minimum atomic E-state index is 0.286. The Kier molecular flexibility index (Phi) is 3.49. The number of aromatic nitrogens is 1. The molecule has 0 spiro atoms. The fourth-order valence-corrected chi connectivity index (χ4v) is 2.55. The Morgan fingerprint density at radius 1 is 1.33 bits per heavy atom. The van der Waals surface area contributed by atoms with Crippen LogP contribution in [-0.2, 0) is 5.88 Å². The summed E-state index contributed by atoms with van der Waals surface area (Å²) < 4.78 is 7.41. The van der Waals surface area contributed by atoms with Crippen LogP contribution in [0.15, 0.2) is 37.8 Å². The van der Waals surface area contributed by atoms with Gasteiger partial charge in [-0.25, -0.2) is 4.98 Å². The van der Waals surface area contributed by atoms with E-state index < -0.39 is 0 Å². The Morgan fingerprint density at radius 3 is 2.73 bits per heavy atom. The first-order valence-electron chi connectivity index (χ1n) is 4.17. The van der Waals surface area contributed by atoms with Gasteiger partial charge in [0.25, 0.3) is 0 Å². The molecule has 1 aromatic heterocycles. The van der Waals surface area contributed by atoms with E-state index in [-0.39, 0.29) is 5.88 Å². The molecule has 15 heavy (non-hydrogen) atoms. The number of rotatable bonds is 2. The zero-order chi connectivity index (χ0) is 10.8. The number of alkyl halides is 1. The monoisotopic (exact) mass is 349 g/mol. The van der Waals surface area contributed by atoms with Gasteiger partial charge in [-0.3, -0.25) is 0 Å². The summed E-state index contributed by atoms with van der Waals surface area (Å²) in [6, 6.07) is 5.86. The number of nitrogens with zero attached hydrogens (tertiary/aromatic N) is 1. The predicted molar refractivity (Wildman–Crippen MR) is 66.9 cm³/mol. The first-order chi connectivity index (χ1) is 7.20. The van der Waals surface area contributed by atoms with Gasteiger partial charge in [-0.2, -0.15) is 0 Å². The van der Waals surface area contributed by atoms with Gasteiger partial charge in [0.2, 0.25) is 5.89 Å². The van der Waals surface area contributed by atoms with Crippen LogP contribution in [0.2, 0.25) is 0 Å². The molecule has 78 valence electrons. The predicted octanol–water partition coefficient (Wildman–Crippen LogP) is 4.61. The second-order valence-corrected chi connectivity index (χ2v) is 4.91. The standard InChI is InChI=1S/C10H6Br2ClNO/c11-6-1-2-7(8(12)3-6)9-5-14-10(4-13)15-9/h1-3,5H,4H2. The highest BCUT2D eigenvalue weighted by Gasteiger charge is 2.09. The van der Waals surface area contributed by atoms with E-state index in [2.05, 4.69) is 36.8 Å². The van der Waals surface area contributed by atoms with Gasteiger partial charge >= 0.3 is 0 Å². The lowest BCUT2D eigenvalue weighted by Gasteiger charge is -2.00. The van der Waals surface area contributed by atoms with E-state index in [1.165, 1.54) is 0 Å². The molecule has 1 heterocycles. The molecular weight excluding hydrogens is 345 g/mol. The van der Waals surface area contributed by atoms with E-state index in [4.69, 9.17) is 16.0 Å². The molecule has 0 fully saturated rings. The number of hydrogen-bond donors (Lipinski definition) is 0. The highest BCUT2D eigenvalue weighted by Crippen LogP contribution is 2.31. The largest absolute Gasteiger partial charge is 0.439 e. The van der Waals surface area contributed by atoms with Crippen LogP contribution in [0.4, 0.5) is 0 Å². The smallest absolute Gasteiger partial charge is 0.209 e. The summed E-state index contributed by atoms with van der Waals surface area (Å²) in [5.41, 5.74) is 0.960. The Morgan fingerprint density at radius 2 is 2.13 bits per heavy atom. The van der Waals surface area contributed by atoms with Gasteiger partial charge in [0.05, 0.1) is 12.1 Å². The summed E-state index contributed by atoms with van der Waals surface area (Å²) in [4.78, 5) is 4.04. The molecule has 0 amide bonds. The Labute approximate surface area is 109 Å². The van der Waals surface area contributed by atoms with Gasteiger partial charge in [0, 0.05) is 14.5 Å². The number of hydrogen-bond acceptors (Lipinski definition) is 2. The third-order valence-corrected chi connectivity index (χ3v) is 3.24. The summed E-state index contributed by atoms with van der Waals surface area (Å²) in [6.07, 6.45) is 1.67. The van der Waals surface area contributed by atoms with Gasteiger partial charge in [-0.15, -0.1) is 11.6 Å². The van der Waals surface area contributed by atoms with Crippen LogP contribution in [0.25, 0.3) is 11.3 Å². The van der Waals surface area contributed by atoms with Crippen molar-refractivity contribution in [3.05, 3.63) is 39.2 Å². The molecule has 1 aromatic carbocycles. The highest BCUT2D eigenvalue weighted by molar-refractivity contribution is 9.11. The molecule has 0 bridgehead atoms. The third kappa shape index (κ3) is 2.44. The van der Waals surface area contributed by atoms with Gasteiger partial charge in [-0.05, 0) is 34.1 Å². The van der Waals surface area contributed by atoms with Crippen molar-refractivity contribution < 1.29 is 4.42 Å². The van der Waals surface area contributed by atoms with Crippen molar-refractivity contribution in [1.29, 1.82) is 0 Å². The molecule has 0 aliphatic heterocycles. The maximum Gasteiger partial charge on any atom is 0.209 e. The molecule has 2 nitrogen and oxygen atoms in total. The maximum atomic E-state index is 5.62. The maximum absolute atomic E-state index is 5.62. The van der Waals surface area contributed by atoms with E-state index in [0.29, 0.717) is 11.7 Å². The molecule has 0 aliphatic rings. The van der Waals surface area contributed by atoms with Gasteiger partial charge < -0.3 is 4.42 Å². The zero-order valence-electron chi connectivity index (χ0n) is 7.51. The zero-order valence-corrected chi connectivity index (χ0v) is 11.4. The van der Waals surface area contributed by atoms with Crippen LogP contribution >= 0.6 is 43.5 Å². The normalized spacial score (nSPS) is 10.6. The van der Waals surface area contributed by atoms with Gasteiger partial charge in [-0.1, -0.05) is 15.9 Å². The van der Waals surface area contributed by atoms with Crippen molar-refractivity contribution >= 4 is 43.5 Å². The molecular formula is C10H6Br2ClNO. The van der Waals surface area contributed by atoms with Gasteiger partial charge in [0.15, 0.2) is 5.76 Å². The molecule has 0 radical (unpaired) electrons. The third-order valence-electron chi connectivity index (χ3n) is 1.86. The number of benzene rings is 1. The van der Waals surface area contributed by atoms with Crippen LogP contribution < -0.4 is 0 Å². The second kappa shape index (κ2) is 4.68. The van der Waals surface area contributed by atoms with E-state index >= 15 is 0 Å². The van der Waals surface area contributed by atoms with Crippen molar-refractivity contribution in [2.24, 2.45) is 0 Å². The minimum absolute atomic E-state index is 0.286. The Hall–Kier alpha value is -0.320. The quantitative estimate of drug-likeness (QED) is 0.739. The second-order valence-electron chi connectivity index (χ2n) is 2.88. The summed E-state index contributed by atoms with van der Waals surface area (Å²) in [6.45, 7) is 0. The molecule has 0 unspecified atom stereocenters. The molecule has 0 aliphatic carbocycles. The van der Waals surface area contributed by atoms with Crippen LogP contribution in [0, 0.1) is 0 Å². The molecule has 0 atom stereocenters. The van der Waals surface area contributed by atoms with Crippen LogP contribution in [0.5, 0.6) is 0 Å². The lowest BCUT2D eigenvalue weighted by Crippen LogP contribution is -1.76. The first kappa shape index (κ1) is 11.2. The average Bonchev–Trinajstić information content (AvgIpc) is 2.66. The van der Waals surface area contributed by atoms with E-state index in [1.807, 2.05) is 18.2 Å². The fraction of sp³-hybridized carbons (Fsp3) is 0.100. The van der Waals surface area contributed by atoms with Crippen molar-refractivity contribution in [3.8, 4) is 11.3 Å². The number of oxazole rings is 1. The van der Waals surface area contributed by atoms with Crippen molar-refractivity contribution in [2.45, 2.75) is 5.88 Å². The molecule has 2 aromatic rings. The minimum Gasteiger partial charge on any atom is -0.439 e. The van der Waals surface area contributed by atoms with E-state index in [9.17, 15) is 0 Å². The SMILES string of the molecule is ClCc1ncc(-c2ccc(Br)cc2Br)o1. The molecule has 5 heteroatoms. The fourth-order valence-electron chi connectivity index (χ4n) is 1.19. The molecule has 0 saturated carbocycles. The van der Waals surface area contributed by atoms with Gasteiger partial charge in [0.1, 0.15) is 0 Å². The Bertz CT molecular complexity index is 484. The summed E-state index contributed by atoms with van der Waals surface area (Å²) in [5, 5.41) is 0. The molecule has 0 saturated heterocycles. The average molecular weight is 351 g/mol. The molecule has 2 rings (SSSR count). The topological polar surface area (TPSA) is 26.0 Å². The van der Waals surface area contributed by atoms with Crippen LogP contribution in [0.3, 0.4) is 0 Å². The molecule has 0 N–H and O–H groups in total. The van der Waals surface area contributed by atoms with Crippen molar-refractivity contribution in [3.63, 3.8) is 0 Å². The lowest BCUT2D eigenvalue weighted by molar-refractivity contribution is 0.528.